The first-order chi connectivity index (χ1) is 0. The molecule has 0 spiro atoms. The van der Waals surface area contributed by atoms with Crippen LogP contribution in [0.4, 0.5) is 0 Å². The largest absolute Gasteiger partial charge is 0.412 e. The summed E-state index contributed by atoms with van der Waals surface area (Å²) in [6.07, 6.45) is 0. The van der Waals surface area contributed by atoms with E-state index < -0.39 is 0 Å². The van der Waals surface area contributed by atoms with Crippen molar-refractivity contribution in [2.24, 2.45) is 0 Å². The van der Waals surface area contributed by atoms with Gasteiger partial charge in [0.15, 0.2) is 0 Å². The van der Waals surface area contributed by atoms with Gasteiger partial charge in [0.05, 0.1) is 0 Å². The van der Waals surface area contributed by atoms with E-state index in [1.807, 2.05) is 0 Å². The van der Waals surface area contributed by atoms with Crippen molar-refractivity contribution < 1.29 is 22.5 Å². The first-order valence-corrected chi connectivity index (χ1v) is 0. The van der Waals surface area contributed by atoms with Crippen molar-refractivity contribution in [3.05, 3.63) is 0 Å². The van der Waals surface area contributed by atoms with E-state index in [-0.39, 0.29) is 71.2 Å². The summed E-state index contributed by atoms with van der Waals surface area (Å²) in [4.78, 5) is 0. The molecule has 0 atom stereocenters. The number of hydrogen-bond acceptors (Lipinski definition) is 0. The second kappa shape index (κ2) is 20.3. The minimum Gasteiger partial charge on any atom is -0.412 e. The van der Waals surface area contributed by atoms with Gasteiger partial charge >= 0.3 is 0 Å². The Labute approximate surface area is 70.3 Å². The maximum absolute atomic E-state index is 0. The fraction of sp³-hybridized carbons (Fsp3) is 0. The quantitative estimate of drug-likeness (QED) is 0.364. The fourth-order valence-corrected chi connectivity index (χ4v) is 0. The molecule has 7 radical (unpaired) electrons. The van der Waals surface area contributed by atoms with Crippen molar-refractivity contribution in [3.8, 4) is 0 Å². The molecule has 0 aliphatic carbocycles. The predicted molar refractivity (Wildman–Crippen MR) is 15.1 cm³/mol. The molecule has 0 saturated carbocycles. The van der Waals surface area contributed by atoms with Crippen molar-refractivity contribution in [2.75, 3.05) is 0 Å². The van der Waals surface area contributed by atoms with Gasteiger partial charge in [0.25, 0.3) is 0 Å². The Hall–Kier alpha value is 1.96. The second-order valence-electron chi connectivity index (χ2n) is 0. The van der Waals surface area contributed by atoms with Gasteiger partial charge in [-0.05, 0) is 0 Å². The third-order valence-electron chi connectivity index (χ3n) is 0. The minimum absolute atomic E-state index is 0. The van der Waals surface area contributed by atoms with Crippen LogP contribution in [0, 0.1) is 0 Å². The number of rotatable bonds is 0. The summed E-state index contributed by atoms with van der Waals surface area (Å²) in [5, 5.41) is 0. The molecule has 4 heteroatoms. The second-order valence-corrected chi connectivity index (χ2v) is 0. The molecular weight excluding hydrogens is 139 g/mol. The average Bonchev–Trinajstić information content (AvgIpc) is 0. The van der Waals surface area contributed by atoms with Crippen LogP contribution in [0.1, 0.15) is 0 Å². The Balaban J connectivity index is 0. The van der Waals surface area contributed by atoms with E-state index in [2.05, 4.69) is 0 Å². The van der Waals surface area contributed by atoms with E-state index in [0.717, 1.165) is 0 Å². The molecule has 0 aromatic heterocycles. The van der Waals surface area contributed by atoms with Crippen LogP contribution in [0.2, 0.25) is 0 Å². The maximum Gasteiger partial charge on any atom is 0 e. The zero-order valence-corrected chi connectivity index (χ0v) is 6.47. The molecule has 0 saturated heterocycles. The van der Waals surface area contributed by atoms with Gasteiger partial charge in [-0.25, -0.2) is 0 Å². The van der Waals surface area contributed by atoms with E-state index >= 15 is 0 Å². The first-order valence-electron chi connectivity index (χ1n) is 0. The molecule has 0 unspecified atom stereocenters. The van der Waals surface area contributed by atoms with Crippen molar-refractivity contribution in [2.45, 2.75) is 0 Å². The summed E-state index contributed by atoms with van der Waals surface area (Å²) >= 11 is 0. The zero-order chi connectivity index (χ0) is 0. The van der Waals surface area contributed by atoms with Gasteiger partial charge < -0.3 is 5.48 Å². The van der Waals surface area contributed by atoms with Gasteiger partial charge in [0.2, 0.25) is 0 Å². The Kier molecular flexibility index (Phi) is 194. The van der Waals surface area contributed by atoms with Crippen molar-refractivity contribution >= 4 is 48.7 Å². The van der Waals surface area contributed by atoms with Gasteiger partial charge in [-0.3, -0.25) is 0 Å². The summed E-state index contributed by atoms with van der Waals surface area (Å²) in [6, 6.07) is 0. The Morgan fingerprint density at radius 3 is 1.00 bits per heavy atom. The molecule has 0 rings (SSSR count). The molecule has 4 heavy (non-hydrogen) atoms. The smallest absolute Gasteiger partial charge is 0 e. The molecule has 0 aromatic rings. The van der Waals surface area contributed by atoms with Crippen LogP contribution in [0.3, 0.4) is 0 Å². The van der Waals surface area contributed by atoms with Crippen LogP contribution in [0.5, 0.6) is 0 Å². The molecular formula is H2CaMnOSi. The van der Waals surface area contributed by atoms with E-state index in [0.29, 0.717) is 0 Å². The van der Waals surface area contributed by atoms with Crippen LogP contribution in [-0.4, -0.2) is 54.2 Å². The van der Waals surface area contributed by atoms with E-state index in [4.69, 9.17) is 0 Å². The summed E-state index contributed by atoms with van der Waals surface area (Å²) in [5.74, 6) is 0. The summed E-state index contributed by atoms with van der Waals surface area (Å²) < 4.78 is 0. The van der Waals surface area contributed by atoms with Gasteiger partial charge in [0, 0.05) is 65.8 Å². The standard InChI is InChI=1S/Ca.Mn.H2O.Si/h;;1H2;. The fourth-order valence-electron chi connectivity index (χ4n) is 0. The molecule has 21 valence electrons. The zero-order valence-electron chi connectivity index (χ0n) is 2.09. The van der Waals surface area contributed by atoms with Crippen LogP contribution < -0.4 is 0 Å². The third-order valence-corrected chi connectivity index (χ3v) is 0. The first kappa shape index (κ1) is 38.2. The molecule has 1 nitrogen and oxygen atoms in total. The van der Waals surface area contributed by atoms with E-state index in [1.54, 1.807) is 0 Å². The van der Waals surface area contributed by atoms with Crippen LogP contribution in [0.25, 0.3) is 0 Å². The number of hydrogen-bond donors (Lipinski definition) is 0. The Morgan fingerprint density at radius 2 is 1.00 bits per heavy atom. The van der Waals surface area contributed by atoms with Crippen molar-refractivity contribution in [1.82, 2.24) is 0 Å². The van der Waals surface area contributed by atoms with E-state index in [1.165, 1.54) is 0 Å². The molecule has 2 N–H and O–H groups in total. The minimum atomic E-state index is 0. The van der Waals surface area contributed by atoms with Gasteiger partial charge in [-0.15, -0.1) is 0 Å². The van der Waals surface area contributed by atoms with Crippen molar-refractivity contribution in [1.29, 1.82) is 0 Å². The molecule has 0 heterocycles. The predicted octanol–water partition coefficient (Wildman–Crippen LogP) is -1.59. The van der Waals surface area contributed by atoms with Crippen LogP contribution >= 0.6 is 0 Å². The van der Waals surface area contributed by atoms with Crippen LogP contribution in [-0.2, 0) is 17.1 Å². The molecule has 0 bridgehead atoms. The van der Waals surface area contributed by atoms with Gasteiger partial charge in [-0.2, -0.15) is 0 Å². The summed E-state index contributed by atoms with van der Waals surface area (Å²) in [5.41, 5.74) is 0. The summed E-state index contributed by atoms with van der Waals surface area (Å²) in [6.45, 7) is 0. The SMILES string of the molecule is O.[Ca].[Mn].[Si]. The van der Waals surface area contributed by atoms with E-state index in [9.17, 15) is 0 Å². The molecule has 0 aliphatic heterocycles. The maximum atomic E-state index is 0. The molecule has 0 aromatic carbocycles. The van der Waals surface area contributed by atoms with Gasteiger partial charge in [0.1, 0.15) is 0 Å². The topological polar surface area (TPSA) is 31.5 Å². The third kappa shape index (κ3) is 9.03. The molecule has 0 fully saturated rings. The van der Waals surface area contributed by atoms with Gasteiger partial charge in [-0.1, -0.05) is 0 Å². The molecule has 0 aliphatic rings. The van der Waals surface area contributed by atoms with Crippen LogP contribution in [0.15, 0.2) is 0 Å². The molecule has 0 amide bonds. The monoisotopic (exact) mass is 141 g/mol. The van der Waals surface area contributed by atoms with Crippen molar-refractivity contribution in [3.63, 3.8) is 0 Å². The Bertz CT molecular complexity index is 8.00. The summed E-state index contributed by atoms with van der Waals surface area (Å²) in [7, 11) is 0. The average molecular weight is 141 g/mol. The Morgan fingerprint density at radius 1 is 1.00 bits per heavy atom. The normalized spacial score (nSPS) is 0.